The average molecular weight is 249 g/mol. The third-order valence-electron chi connectivity index (χ3n) is 4.09. The molecule has 2 rings (SSSR count). The molecule has 0 aromatic heterocycles. The van der Waals surface area contributed by atoms with Gasteiger partial charge in [0.05, 0.1) is 12.5 Å². The molecule has 4 nitrogen and oxygen atoms in total. The molecular weight excluding hydrogens is 230 g/mol. The van der Waals surface area contributed by atoms with Crippen LogP contribution >= 0.6 is 0 Å². The molecule has 1 fully saturated rings. The minimum absolute atomic E-state index is 0.116. The molecular formula is C14H19NO3. The van der Waals surface area contributed by atoms with Crippen molar-refractivity contribution in [3.8, 4) is 5.75 Å². The van der Waals surface area contributed by atoms with Gasteiger partial charge in [-0.25, -0.2) is 0 Å². The molecule has 1 aliphatic carbocycles. The van der Waals surface area contributed by atoms with Crippen LogP contribution in [0.15, 0.2) is 24.3 Å². The summed E-state index contributed by atoms with van der Waals surface area (Å²) in [5.74, 6) is -0.0674. The Balaban J connectivity index is 2.29. The highest BCUT2D eigenvalue weighted by atomic mass is 16.5. The molecule has 0 heterocycles. The summed E-state index contributed by atoms with van der Waals surface area (Å²) >= 11 is 0. The van der Waals surface area contributed by atoms with Gasteiger partial charge in [-0.2, -0.15) is 0 Å². The summed E-state index contributed by atoms with van der Waals surface area (Å²) in [6.07, 6.45) is 2.41. The smallest absolute Gasteiger partial charge is 0.310 e. The summed E-state index contributed by atoms with van der Waals surface area (Å²) in [6.45, 7) is 0.360. The Hall–Kier alpha value is -1.55. The predicted octanol–water partition coefficient (Wildman–Crippen LogP) is 1.99. The molecule has 0 amide bonds. The molecule has 0 aliphatic heterocycles. The number of carbonyl (C=O) groups is 1. The number of hydrogen-bond acceptors (Lipinski definition) is 3. The molecule has 3 N–H and O–H groups in total. The second kappa shape index (κ2) is 4.98. The fourth-order valence-electron chi connectivity index (χ4n) is 2.79. The van der Waals surface area contributed by atoms with Crippen molar-refractivity contribution in [2.45, 2.75) is 25.2 Å². The summed E-state index contributed by atoms with van der Waals surface area (Å²) in [5, 5.41) is 9.47. The van der Waals surface area contributed by atoms with Crippen LogP contribution in [-0.4, -0.2) is 24.7 Å². The van der Waals surface area contributed by atoms with Crippen LogP contribution in [0.3, 0.4) is 0 Å². The number of rotatable bonds is 5. The fraction of sp³-hybridized carbons (Fsp3) is 0.500. The van der Waals surface area contributed by atoms with E-state index < -0.39 is 11.4 Å². The van der Waals surface area contributed by atoms with Crippen molar-refractivity contribution in [1.82, 2.24) is 0 Å². The highest BCUT2D eigenvalue weighted by molar-refractivity contribution is 5.77. The van der Waals surface area contributed by atoms with Crippen LogP contribution in [-0.2, 0) is 4.79 Å². The zero-order valence-electron chi connectivity index (χ0n) is 10.6. The molecule has 1 atom stereocenters. The van der Waals surface area contributed by atoms with Gasteiger partial charge >= 0.3 is 5.97 Å². The Morgan fingerprint density at radius 1 is 1.44 bits per heavy atom. The molecule has 98 valence electrons. The maximum absolute atomic E-state index is 11.5. The van der Waals surface area contributed by atoms with E-state index in [1.165, 1.54) is 0 Å². The molecule has 0 unspecified atom stereocenters. The lowest BCUT2D eigenvalue weighted by atomic mass is 9.59. The predicted molar refractivity (Wildman–Crippen MR) is 68.7 cm³/mol. The SMILES string of the molecule is COc1ccc([C@H](CN)C2(C(=O)O)CCC2)cc1. The number of aliphatic carboxylic acids is 1. The van der Waals surface area contributed by atoms with E-state index in [-0.39, 0.29) is 5.92 Å². The number of nitrogens with two attached hydrogens (primary N) is 1. The van der Waals surface area contributed by atoms with Crippen LogP contribution in [0.2, 0.25) is 0 Å². The molecule has 4 heteroatoms. The van der Waals surface area contributed by atoms with Gasteiger partial charge in [0.25, 0.3) is 0 Å². The first-order valence-corrected chi connectivity index (χ1v) is 6.21. The van der Waals surface area contributed by atoms with E-state index in [9.17, 15) is 9.90 Å². The van der Waals surface area contributed by atoms with Crippen molar-refractivity contribution in [2.75, 3.05) is 13.7 Å². The van der Waals surface area contributed by atoms with Gasteiger partial charge in [-0.05, 0) is 30.5 Å². The molecule has 18 heavy (non-hydrogen) atoms. The van der Waals surface area contributed by atoms with E-state index in [1.807, 2.05) is 24.3 Å². The van der Waals surface area contributed by atoms with Crippen LogP contribution in [0.25, 0.3) is 0 Å². The second-order valence-corrected chi connectivity index (χ2v) is 4.88. The van der Waals surface area contributed by atoms with Gasteiger partial charge in [0.15, 0.2) is 0 Å². The van der Waals surface area contributed by atoms with Crippen LogP contribution in [0.1, 0.15) is 30.7 Å². The van der Waals surface area contributed by atoms with E-state index >= 15 is 0 Å². The van der Waals surface area contributed by atoms with E-state index in [0.29, 0.717) is 6.54 Å². The first kappa shape index (κ1) is 12.9. The van der Waals surface area contributed by atoms with Gasteiger partial charge < -0.3 is 15.6 Å². The Morgan fingerprint density at radius 3 is 2.39 bits per heavy atom. The minimum Gasteiger partial charge on any atom is -0.497 e. The number of ether oxygens (including phenoxy) is 1. The largest absolute Gasteiger partial charge is 0.497 e. The number of benzene rings is 1. The average Bonchev–Trinajstić information content (AvgIpc) is 2.33. The van der Waals surface area contributed by atoms with Crippen molar-refractivity contribution in [2.24, 2.45) is 11.1 Å². The van der Waals surface area contributed by atoms with Gasteiger partial charge in [0, 0.05) is 12.5 Å². The van der Waals surface area contributed by atoms with Gasteiger partial charge in [-0.1, -0.05) is 18.6 Å². The van der Waals surface area contributed by atoms with Gasteiger partial charge in [-0.3, -0.25) is 4.79 Å². The van der Waals surface area contributed by atoms with Crippen LogP contribution < -0.4 is 10.5 Å². The maximum Gasteiger partial charge on any atom is 0.310 e. The minimum atomic E-state index is -0.722. The molecule has 1 aromatic rings. The Morgan fingerprint density at radius 2 is 2.06 bits per heavy atom. The first-order valence-electron chi connectivity index (χ1n) is 6.21. The molecule has 0 bridgehead atoms. The zero-order chi connectivity index (χ0) is 13.2. The lowest BCUT2D eigenvalue weighted by Crippen LogP contribution is -2.45. The highest BCUT2D eigenvalue weighted by Gasteiger charge is 2.50. The molecule has 1 aromatic carbocycles. The fourth-order valence-corrected chi connectivity index (χ4v) is 2.79. The first-order chi connectivity index (χ1) is 8.64. The second-order valence-electron chi connectivity index (χ2n) is 4.88. The quantitative estimate of drug-likeness (QED) is 0.837. The number of hydrogen-bond donors (Lipinski definition) is 2. The van der Waals surface area contributed by atoms with Crippen molar-refractivity contribution in [3.05, 3.63) is 29.8 Å². The summed E-state index contributed by atoms with van der Waals surface area (Å²) in [5.41, 5.74) is 6.14. The lowest BCUT2D eigenvalue weighted by molar-refractivity contribution is -0.156. The van der Waals surface area contributed by atoms with Crippen molar-refractivity contribution in [1.29, 1.82) is 0 Å². The molecule has 0 spiro atoms. The van der Waals surface area contributed by atoms with Crippen molar-refractivity contribution >= 4 is 5.97 Å². The van der Waals surface area contributed by atoms with E-state index in [0.717, 1.165) is 30.6 Å². The number of carboxylic acid groups (broad SMARTS) is 1. The third kappa shape index (κ3) is 1.97. The summed E-state index contributed by atoms with van der Waals surface area (Å²) in [6, 6.07) is 7.54. The number of carboxylic acids is 1. The van der Waals surface area contributed by atoms with Crippen LogP contribution in [0.4, 0.5) is 0 Å². The van der Waals surface area contributed by atoms with Crippen molar-refractivity contribution in [3.63, 3.8) is 0 Å². The zero-order valence-corrected chi connectivity index (χ0v) is 10.6. The van der Waals surface area contributed by atoms with Crippen molar-refractivity contribution < 1.29 is 14.6 Å². The molecule has 0 radical (unpaired) electrons. The van der Waals surface area contributed by atoms with E-state index in [1.54, 1.807) is 7.11 Å². The normalized spacial score (nSPS) is 18.8. The van der Waals surface area contributed by atoms with E-state index in [2.05, 4.69) is 0 Å². The monoisotopic (exact) mass is 249 g/mol. The topological polar surface area (TPSA) is 72.5 Å². The summed E-state index contributed by atoms with van der Waals surface area (Å²) < 4.78 is 5.11. The van der Waals surface area contributed by atoms with Gasteiger partial charge in [0.2, 0.25) is 0 Å². The maximum atomic E-state index is 11.5. The van der Waals surface area contributed by atoms with Gasteiger partial charge in [-0.15, -0.1) is 0 Å². The van der Waals surface area contributed by atoms with E-state index in [4.69, 9.17) is 10.5 Å². The molecule has 1 aliphatic rings. The summed E-state index contributed by atoms with van der Waals surface area (Å²) in [4.78, 5) is 11.5. The highest BCUT2D eigenvalue weighted by Crippen LogP contribution is 2.51. The van der Waals surface area contributed by atoms with Crippen LogP contribution in [0.5, 0.6) is 5.75 Å². The summed E-state index contributed by atoms with van der Waals surface area (Å²) in [7, 11) is 1.61. The van der Waals surface area contributed by atoms with Crippen LogP contribution in [0, 0.1) is 5.41 Å². The lowest BCUT2D eigenvalue weighted by Gasteiger charge is -2.44. The Kier molecular flexibility index (Phi) is 3.57. The van der Waals surface area contributed by atoms with Gasteiger partial charge in [0.1, 0.15) is 5.75 Å². The third-order valence-corrected chi connectivity index (χ3v) is 4.09. The standard InChI is InChI=1S/C14H19NO3/c1-18-11-5-3-10(4-6-11)12(9-15)14(13(16)17)7-2-8-14/h3-6,12H,2,7-9,15H2,1H3,(H,16,17)/t12-/m0/s1. The molecule has 0 saturated heterocycles. The molecule has 1 saturated carbocycles. The Labute approximate surface area is 107 Å². The Bertz CT molecular complexity index is 423. The number of methoxy groups -OCH3 is 1.